The Kier molecular flexibility index (Phi) is 4.62. The van der Waals surface area contributed by atoms with E-state index in [1.54, 1.807) is 11.3 Å². The second kappa shape index (κ2) is 5.25. The zero-order valence-electron chi connectivity index (χ0n) is 7.02. The molecule has 0 aliphatic carbocycles. The highest BCUT2D eigenvalue weighted by Gasteiger charge is 2.07. The molecular weight excluding hydrogens is 256 g/mol. The lowest BCUT2D eigenvalue weighted by Gasteiger charge is -2.08. The van der Waals surface area contributed by atoms with E-state index in [0.717, 1.165) is 12.3 Å². The number of hydrogen-bond donors (Lipinski definition) is 0. The molecule has 0 spiro atoms. The first-order valence-corrected chi connectivity index (χ1v) is 6.20. The van der Waals surface area contributed by atoms with Gasteiger partial charge in [-0.25, -0.2) is 0 Å². The van der Waals surface area contributed by atoms with E-state index >= 15 is 0 Å². The number of thiophene rings is 1. The first-order chi connectivity index (χ1) is 5.76. The standard InChI is InChI=1S/C9H12BrClS/c1-2-7(6-11)5-8-3-4-9(10)12-8/h3-4,7H,2,5-6H2,1H3. The summed E-state index contributed by atoms with van der Waals surface area (Å²) in [6, 6.07) is 4.27. The zero-order valence-corrected chi connectivity index (χ0v) is 10.2. The molecule has 0 N–H and O–H groups in total. The van der Waals surface area contributed by atoms with Crippen LogP contribution in [0.5, 0.6) is 0 Å². The molecule has 0 amide bonds. The van der Waals surface area contributed by atoms with Gasteiger partial charge in [0.25, 0.3) is 0 Å². The van der Waals surface area contributed by atoms with Gasteiger partial charge < -0.3 is 0 Å². The Labute approximate surface area is 91.1 Å². The van der Waals surface area contributed by atoms with Crippen LogP contribution in [0.2, 0.25) is 0 Å². The molecule has 68 valence electrons. The number of alkyl halides is 1. The smallest absolute Gasteiger partial charge is 0.0701 e. The predicted octanol–water partition coefficient (Wildman–Crippen LogP) is 4.32. The Balaban J connectivity index is 2.50. The van der Waals surface area contributed by atoms with E-state index in [2.05, 4.69) is 35.0 Å². The third kappa shape index (κ3) is 3.08. The second-order valence-corrected chi connectivity index (χ2v) is 5.69. The van der Waals surface area contributed by atoms with E-state index in [9.17, 15) is 0 Å². The predicted molar refractivity (Wildman–Crippen MR) is 60.2 cm³/mol. The van der Waals surface area contributed by atoms with Crippen molar-refractivity contribution in [3.63, 3.8) is 0 Å². The van der Waals surface area contributed by atoms with E-state index in [-0.39, 0.29) is 0 Å². The van der Waals surface area contributed by atoms with Crippen molar-refractivity contribution < 1.29 is 0 Å². The van der Waals surface area contributed by atoms with Crippen molar-refractivity contribution in [2.24, 2.45) is 5.92 Å². The fourth-order valence-corrected chi connectivity index (χ4v) is 2.98. The zero-order chi connectivity index (χ0) is 8.97. The van der Waals surface area contributed by atoms with Gasteiger partial charge in [0.15, 0.2) is 0 Å². The molecule has 1 aromatic rings. The van der Waals surface area contributed by atoms with Crippen LogP contribution in [0.25, 0.3) is 0 Å². The number of rotatable bonds is 4. The van der Waals surface area contributed by atoms with Gasteiger partial charge in [0.1, 0.15) is 0 Å². The summed E-state index contributed by atoms with van der Waals surface area (Å²) >= 11 is 11.1. The molecule has 0 bridgehead atoms. The Bertz CT molecular complexity index is 230. The molecule has 1 unspecified atom stereocenters. The maximum atomic E-state index is 5.82. The van der Waals surface area contributed by atoms with Crippen molar-refractivity contribution >= 4 is 38.9 Å². The van der Waals surface area contributed by atoms with Crippen LogP contribution >= 0.6 is 38.9 Å². The van der Waals surface area contributed by atoms with Gasteiger partial charge in [-0.1, -0.05) is 13.3 Å². The molecule has 0 aliphatic rings. The Morgan fingerprint density at radius 1 is 1.58 bits per heavy atom. The summed E-state index contributed by atoms with van der Waals surface area (Å²) in [6.45, 7) is 2.19. The van der Waals surface area contributed by atoms with Crippen molar-refractivity contribution in [3.05, 3.63) is 20.8 Å². The lowest BCUT2D eigenvalue weighted by atomic mass is 10.0. The molecular formula is C9H12BrClS. The van der Waals surface area contributed by atoms with Gasteiger partial charge in [-0.3, -0.25) is 0 Å². The molecule has 0 fully saturated rings. The second-order valence-electron chi connectivity index (χ2n) is 2.84. The van der Waals surface area contributed by atoms with Gasteiger partial charge in [-0.05, 0) is 40.4 Å². The molecule has 0 nitrogen and oxygen atoms in total. The fraction of sp³-hybridized carbons (Fsp3) is 0.556. The molecule has 12 heavy (non-hydrogen) atoms. The minimum atomic E-state index is 0.636. The van der Waals surface area contributed by atoms with Crippen LogP contribution in [0.15, 0.2) is 15.9 Å². The summed E-state index contributed by atoms with van der Waals surface area (Å²) < 4.78 is 1.21. The van der Waals surface area contributed by atoms with Crippen molar-refractivity contribution in [2.45, 2.75) is 19.8 Å². The topological polar surface area (TPSA) is 0 Å². The molecule has 0 saturated heterocycles. The normalized spacial score (nSPS) is 13.2. The third-order valence-electron chi connectivity index (χ3n) is 1.91. The van der Waals surface area contributed by atoms with Crippen molar-refractivity contribution in [1.29, 1.82) is 0 Å². The van der Waals surface area contributed by atoms with Gasteiger partial charge in [-0.15, -0.1) is 22.9 Å². The molecule has 3 heteroatoms. The van der Waals surface area contributed by atoms with Gasteiger partial charge in [0, 0.05) is 10.8 Å². The average molecular weight is 268 g/mol. The van der Waals surface area contributed by atoms with Crippen LogP contribution in [0, 0.1) is 5.92 Å². The Hall–Kier alpha value is 0.470. The Morgan fingerprint density at radius 2 is 2.33 bits per heavy atom. The number of halogens is 2. The first-order valence-electron chi connectivity index (χ1n) is 4.06. The van der Waals surface area contributed by atoms with Gasteiger partial charge >= 0.3 is 0 Å². The SMILES string of the molecule is CCC(CCl)Cc1ccc(Br)s1. The fourth-order valence-electron chi connectivity index (χ4n) is 1.05. The monoisotopic (exact) mass is 266 g/mol. The molecule has 1 heterocycles. The molecule has 0 radical (unpaired) electrons. The van der Waals surface area contributed by atoms with E-state index in [4.69, 9.17) is 11.6 Å². The average Bonchev–Trinajstić information content (AvgIpc) is 2.47. The Morgan fingerprint density at radius 3 is 2.75 bits per heavy atom. The van der Waals surface area contributed by atoms with E-state index < -0.39 is 0 Å². The van der Waals surface area contributed by atoms with E-state index in [1.807, 2.05) is 0 Å². The molecule has 1 rings (SSSR count). The summed E-state index contributed by atoms with van der Waals surface area (Å²) in [5.41, 5.74) is 0. The van der Waals surface area contributed by atoms with E-state index in [0.29, 0.717) is 5.92 Å². The van der Waals surface area contributed by atoms with E-state index in [1.165, 1.54) is 15.1 Å². The van der Waals surface area contributed by atoms with Crippen molar-refractivity contribution in [2.75, 3.05) is 5.88 Å². The van der Waals surface area contributed by atoms with Gasteiger partial charge in [0.05, 0.1) is 3.79 Å². The van der Waals surface area contributed by atoms with Crippen molar-refractivity contribution in [3.8, 4) is 0 Å². The van der Waals surface area contributed by atoms with Crippen molar-refractivity contribution in [1.82, 2.24) is 0 Å². The van der Waals surface area contributed by atoms with Crippen LogP contribution in [0.3, 0.4) is 0 Å². The minimum absolute atomic E-state index is 0.636. The van der Waals surface area contributed by atoms with Crippen LogP contribution in [-0.4, -0.2) is 5.88 Å². The lowest BCUT2D eigenvalue weighted by Crippen LogP contribution is -2.03. The molecule has 0 aromatic carbocycles. The highest BCUT2D eigenvalue weighted by Crippen LogP contribution is 2.25. The van der Waals surface area contributed by atoms with Crippen LogP contribution < -0.4 is 0 Å². The summed E-state index contributed by atoms with van der Waals surface area (Å²) in [5, 5.41) is 0. The number of hydrogen-bond acceptors (Lipinski definition) is 1. The summed E-state index contributed by atoms with van der Waals surface area (Å²) in [4.78, 5) is 1.43. The van der Waals surface area contributed by atoms with Gasteiger partial charge in [0.2, 0.25) is 0 Å². The summed E-state index contributed by atoms with van der Waals surface area (Å²) in [5.74, 6) is 1.41. The summed E-state index contributed by atoms with van der Waals surface area (Å²) in [7, 11) is 0. The highest BCUT2D eigenvalue weighted by molar-refractivity contribution is 9.11. The highest BCUT2D eigenvalue weighted by atomic mass is 79.9. The lowest BCUT2D eigenvalue weighted by molar-refractivity contribution is 0.571. The van der Waals surface area contributed by atoms with Gasteiger partial charge in [-0.2, -0.15) is 0 Å². The van der Waals surface area contributed by atoms with Crippen LogP contribution in [-0.2, 0) is 6.42 Å². The molecule has 1 atom stereocenters. The third-order valence-corrected chi connectivity index (χ3v) is 4.00. The van der Waals surface area contributed by atoms with Crippen LogP contribution in [0.4, 0.5) is 0 Å². The van der Waals surface area contributed by atoms with Crippen LogP contribution in [0.1, 0.15) is 18.2 Å². The quantitative estimate of drug-likeness (QED) is 0.713. The first kappa shape index (κ1) is 10.6. The maximum absolute atomic E-state index is 5.82. The largest absolute Gasteiger partial charge is 0.133 e. The molecule has 0 aliphatic heterocycles. The minimum Gasteiger partial charge on any atom is -0.133 e. The molecule has 0 saturated carbocycles. The molecule has 1 aromatic heterocycles. The summed E-state index contributed by atoms with van der Waals surface area (Å²) in [6.07, 6.45) is 2.29. The maximum Gasteiger partial charge on any atom is 0.0701 e.